The lowest BCUT2D eigenvalue weighted by atomic mass is 10.2. The predicted octanol–water partition coefficient (Wildman–Crippen LogP) is 3.86. The molecule has 3 aromatic rings. The first-order valence-corrected chi connectivity index (χ1v) is 10.9. The predicted molar refractivity (Wildman–Crippen MR) is 122 cm³/mol. The number of imide groups is 1. The second-order valence-electron chi connectivity index (χ2n) is 7.36. The summed E-state index contributed by atoms with van der Waals surface area (Å²) in [4.78, 5) is 26.7. The van der Waals surface area contributed by atoms with E-state index in [4.69, 9.17) is 0 Å². The number of hydrogen-bond acceptors (Lipinski definition) is 6. The number of hydrogen-bond donors (Lipinski definition) is 2. The Balaban J connectivity index is 1.77. The van der Waals surface area contributed by atoms with Gasteiger partial charge in [-0.25, -0.2) is 9.18 Å². The van der Waals surface area contributed by atoms with Gasteiger partial charge in [0.05, 0.1) is 11.3 Å². The molecule has 2 aromatic carbocycles. The van der Waals surface area contributed by atoms with Gasteiger partial charge in [-0.3, -0.25) is 19.6 Å². The molecule has 0 aliphatic heterocycles. The minimum atomic E-state index is -0.637. The quantitative estimate of drug-likeness (QED) is 0.525. The van der Waals surface area contributed by atoms with Crippen LogP contribution in [0.15, 0.2) is 59.8 Å². The van der Waals surface area contributed by atoms with E-state index < -0.39 is 17.2 Å². The van der Waals surface area contributed by atoms with Crippen LogP contribution in [0.4, 0.5) is 14.9 Å². The fourth-order valence-corrected chi connectivity index (χ4v) is 3.68. The number of halogens is 1. The normalized spacial score (nSPS) is 12.9. The molecule has 0 aliphatic carbocycles. The van der Waals surface area contributed by atoms with Crippen molar-refractivity contribution in [3.8, 4) is 5.69 Å². The van der Waals surface area contributed by atoms with Crippen molar-refractivity contribution in [3.05, 3.63) is 66.2 Å². The zero-order valence-electron chi connectivity index (χ0n) is 18.2. The smallest absolute Gasteiger partial charge is 0.308 e. The maximum atomic E-state index is 13.5. The number of rotatable bonds is 7. The first kappa shape index (κ1) is 23.4. The SMILES string of the molecule is C[C@H](Sc1nnc([C@H](C)N(C)C)n1-c1ccc(F)cc1)C(=O)NC(=O)Nc1ccccc1. The fourth-order valence-electron chi connectivity index (χ4n) is 2.80. The van der Waals surface area contributed by atoms with Gasteiger partial charge in [0.25, 0.3) is 0 Å². The van der Waals surface area contributed by atoms with Crippen LogP contribution in [0.1, 0.15) is 25.7 Å². The number of aromatic nitrogens is 3. The third kappa shape index (κ3) is 5.71. The average molecular weight is 457 g/mol. The molecule has 0 spiro atoms. The standard InChI is InChI=1S/C22H25FN6O2S/c1-14(28(3)4)19-26-27-22(29(19)18-12-10-16(23)11-13-18)32-15(2)20(30)25-21(31)24-17-8-6-5-7-9-17/h5-15H,1-4H3,(H2,24,25,30,31)/t14-,15-/m0/s1. The third-order valence-corrected chi connectivity index (χ3v) is 5.85. The minimum Gasteiger partial charge on any atom is -0.308 e. The molecule has 168 valence electrons. The number of nitrogens with one attached hydrogen (secondary N) is 2. The molecule has 3 amide bonds. The maximum Gasteiger partial charge on any atom is 0.325 e. The Kier molecular flexibility index (Phi) is 7.60. The van der Waals surface area contributed by atoms with Crippen LogP contribution in [0.5, 0.6) is 0 Å². The van der Waals surface area contributed by atoms with Gasteiger partial charge >= 0.3 is 6.03 Å². The van der Waals surface area contributed by atoms with E-state index in [0.29, 0.717) is 22.4 Å². The van der Waals surface area contributed by atoms with Gasteiger partial charge in [0.1, 0.15) is 5.82 Å². The molecule has 2 atom stereocenters. The van der Waals surface area contributed by atoms with Gasteiger partial charge in [-0.15, -0.1) is 10.2 Å². The molecule has 3 rings (SSSR count). The van der Waals surface area contributed by atoms with E-state index in [1.54, 1.807) is 47.9 Å². The van der Waals surface area contributed by atoms with Gasteiger partial charge in [0, 0.05) is 11.4 Å². The zero-order valence-corrected chi connectivity index (χ0v) is 19.1. The molecule has 32 heavy (non-hydrogen) atoms. The number of benzene rings is 2. The summed E-state index contributed by atoms with van der Waals surface area (Å²) < 4.78 is 15.3. The summed E-state index contributed by atoms with van der Waals surface area (Å²) in [6.45, 7) is 3.65. The van der Waals surface area contributed by atoms with E-state index in [0.717, 1.165) is 11.8 Å². The molecule has 1 heterocycles. The fraction of sp³-hybridized carbons (Fsp3) is 0.273. The van der Waals surface area contributed by atoms with Crippen LogP contribution in [0.2, 0.25) is 0 Å². The molecule has 0 saturated heterocycles. The Morgan fingerprint density at radius 2 is 1.69 bits per heavy atom. The Hall–Kier alpha value is -3.24. The van der Waals surface area contributed by atoms with E-state index in [1.165, 1.54) is 12.1 Å². The van der Waals surface area contributed by atoms with Crippen LogP contribution >= 0.6 is 11.8 Å². The molecule has 8 nitrogen and oxygen atoms in total. The molecular weight excluding hydrogens is 431 g/mol. The number of urea groups is 1. The first-order chi connectivity index (χ1) is 15.3. The van der Waals surface area contributed by atoms with Crippen molar-refractivity contribution in [1.29, 1.82) is 0 Å². The van der Waals surface area contributed by atoms with Crippen molar-refractivity contribution in [2.45, 2.75) is 30.3 Å². The molecule has 0 saturated carbocycles. The number of para-hydroxylation sites is 1. The average Bonchev–Trinajstić information content (AvgIpc) is 3.17. The highest BCUT2D eigenvalue weighted by molar-refractivity contribution is 8.00. The summed E-state index contributed by atoms with van der Waals surface area (Å²) in [6, 6.07) is 14.1. The summed E-state index contributed by atoms with van der Waals surface area (Å²) in [7, 11) is 3.84. The summed E-state index contributed by atoms with van der Waals surface area (Å²) in [5, 5.41) is 13.4. The molecule has 0 fully saturated rings. The van der Waals surface area contributed by atoms with Crippen LogP contribution in [0.25, 0.3) is 5.69 Å². The van der Waals surface area contributed by atoms with Crippen molar-refractivity contribution in [2.24, 2.45) is 0 Å². The van der Waals surface area contributed by atoms with Crippen LogP contribution in [-0.4, -0.2) is 50.9 Å². The van der Waals surface area contributed by atoms with E-state index >= 15 is 0 Å². The Labute approximate surface area is 190 Å². The van der Waals surface area contributed by atoms with Crippen molar-refractivity contribution < 1.29 is 14.0 Å². The lowest BCUT2D eigenvalue weighted by molar-refractivity contribution is -0.119. The molecule has 0 radical (unpaired) electrons. The number of carbonyl (C=O) groups excluding carboxylic acids is 2. The van der Waals surface area contributed by atoms with Crippen molar-refractivity contribution in [2.75, 3.05) is 19.4 Å². The summed E-state index contributed by atoms with van der Waals surface area (Å²) in [5.74, 6) is -0.173. The lowest BCUT2D eigenvalue weighted by Gasteiger charge is -2.21. The lowest BCUT2D eigenvalue weighted by Crippen LogP contribution is -2.39. The summed E-state index contributed by atoms with van der Waals surface area (Å²) in [6.07, 6.45) is 0. The molecule has 2 N–H and O–H groups in total. The maximum absolute atomic E-state index is 13.5. The van der Waals surface area contributed by atoms with Crippen LogP contribution in [0, 0.1) is 5.82 Å². The molecular formula is C22H25FN6O2S. The van der Waals surface area contributed by atoms with Crippen molar-refractivity contribution >= 4 is 29.4 Å². The minimum absolute atomic E-state index is 0.0808. The molecule has 0 bridgehead atoms. The topological polar surface area (TPSA) is 92.2 Å². The van der Waals surface area contributed by atoms with Crippen LogP contribution in [0.3, 0.4) is 0 Å². The zero-order chi connectivity index (χ0) is 23.3. The van der Waals surface area contributed by atoms with Gasteiger partial charge in [-0.05, 0) is 64.3 Å². The Bertz CT molecular complexity index is 1070. The van der Waals surface area contributed by atoms with Crippen molar-refractivity contribution in [3.63, 3.8) is 0 Å². The van der Waals surface area contributed by atoms with Crippen LogP contribution in [-0.2, 0) is 4.79 Å². The van der Waals surface area contributed by atoms with Gasteiger partial charge in [-0.1, -0.05) is 30.0 Å². The number of thioether (sulfide) groups is 1. The number of nitrogens with zero attached hydrogens (tertiary/aromatic N) is 4. The molecule has 1 aromatic heterocycles. The van der Waals surface area contributed by atoms with E-state index in [2.05, 4.69) is 20.8 Å². The Morgan fingerprint density at radius 1 is 1.03 bits per heavy atom. The first-order valence-electron chi connectivity index (χ1n) is 9.97. The molecule has 0 aliphatic rings. The van der Waals surface area contributed by atoms with Gasteiger partial charge in [-0.2, -0.15) is 0 Å². The Morgan fingerprint density at radius 3 is 2.31 bits per heavy atom. The number of anilines is 1. The van der Waals surface area contributed by atoms with Crippen molar-refractivity contribution in [1.82, 2.24) is 25.0 Å². The van der Waals surface area contributed by atoms with Crippen LogP contribution < -0.4 is 10.6 Å². The molecule has 0 unspecified atom stereocenters. The van der Waals surface area contributed by atoms with Gasteiger partial charge in [0.15, 0.2) is 11.0 Å². The largest absolute Gasteiger partial charge is 0.325 e. The number of amides is 3. The van der Waals surface area contributed by atoms with E-state index in [-0.39, 0.29) is 11.9 Å². The highest BCUT2D eigenvalue weighted by atomic mass is 32.2. The monoisotopic (exact) mass is 456 g/mol. The van der Waals surface area contributed by atoms with Gasteiger partial charge in [0.2, 0.25) is 5.91 Å². The second kappa shape index (κ2) is 10.4. The van der Waals surface area contributed by atoms with Gasteiger partial charge < -0.3 is 5.32 Å². The summed E-state index contributed by atoms with van der Waals surface area (Å²) >= 11 is 1.16. The third-order valence-electron chi connectivity index (χ3n) is 4.81. The van der Waals surface area contributed by atoms with E-state index in [1.807, 2.05) is 32.0 Å². The summed E-state index contributed by atoms with van der Waals surface area (Å²) in [5.41, 5.74) is 1.26. The highest BCUT2D eigenvalue weighted by Crippen LogP contribution is 2.29. The highest BCUT2D eigenvalue weighted by Gasteiger charge is 2.25. The van der Waals surface area contributed by atoms with E-state index in [9.17, 15) is 14.0 Å². The molecule has 10 heteroatoms. The second-order valence-corrected chi connectivity index (χ2v) is 8.67. The number of carbonyl (C=O) groups is 2.